The summed E-state index contributed by atoms with van der Waals surface area (Å²) in [7, 11) is 0. The van der Waals surface area contributed by atoms with E-state index in [2.05, 4.69) is 16.6 Å². The van der Waals surface area contributed by atoms with E-state index in [-0.39, 0.29) is 0 Å². The number of carbonyl (C=O) groups excluding carboxylic acids is 1. The van der Waals surface area contributed by atoms with Gasteiger partial charge in [-0.2, -0.15) is 0 Å². The number of halogens is 3. The highest BCUT2D eigenvalue weighted by molar-refractivity contribution is 6.68. The molecule has 0 heterocycles. The van der Waals surface area contributed by atoms with Crippen LogP contribution in [0.3, 0.4) is 0 Å². The van der Waals surface area contributed by atoms with E-state index in [0.29, 0.717) is 12.8 Å². The molecule has 1 aliphatic rings. The minimum atomic E-state index is -1.98. The molecule has 0 aromatic rings. The molecule has 18 heavy (non-hydrogen) atoms. The Morgan fingerprint density at radius 3 is 2.33 bits per heavy atom. The number of hydrogen-bond acceptors (Lipinski definition) is 2. The predicted octanol–water partition coefficient (Wildman–Crippen LogP) is 2.31. The Kier molecular flexibility index (Phi) is 5.42. The van der Waals surface area contributed by atoms with Crippen molar-refractivity contribution < 1.29 is 9.90 Å². The molecule has 0 aromatic heterocycles. The minimum Gasteiger partial charge on any atom is -0.369 e. The number of urea groups is 1. The van der Waals surface area contributed by atoms with Crippen molar-refractivity contribution >= 4 is 40.8 Å². The van der Waals surface area contributed by atoms with Gasteiger partial charge < -0.3 is 15.7 Å². The van der Waals surface area contributed by atoms with Crippen molar-refractivity contribution in [1.82, 2.24) is 10.6 Å². The van der Waals surface area contributed by atoms with Crippen LogP contribution in [0.15, 0.2) is 0 Å². The van der Waals surface area contributed by atoms with Gasteiger partial charge in [-0.3, -0.25) is 0 Å². The number of carbonyl (C=O) groups is 1. The van der Waals surface area contributed by atoms with E-state index < -0.39 is 21.6 Å². The number of terminal acetylenes is 1. The third-order valence-electron chi connectivity index (χ3n) is 2.91. The molecule has 1 atom stereocenters. The van der Waals surface area contributed by atoms with Gasteiger partial charge in [0.15, 0.2) is 6.23 Å². The van der Waals surface area contributed by atoms with Gasteiger partial charge in [0.05, 0.1) is 0 Å². The van der Waals surface area contributed by atoms with Crippen molar-refractivity contribution in [3.63, 3.8) is 0 Å². The predicted molar refractivity (Wildman–Crippen MR) is 72.6 cm³/mol. The van der Waals surface area contributed by atoms with Crippen LogP contribution in [-0.4, -0.2) is 26.7 Å². The first-order chi connectivity index (χ1) is 8.29. The third kappa shape index (κ3) is 4.40. The second kappa shape index (κ2) is 6.21. The van der Waals surface area contributed by atoms with E-state index in [9.17, 15) is 9.90 Å². The Labute approximate surface area is 121 Å². The summed E-state index contributed by atoms with van der Waals surface area (Å²) in [6.45, 7) is 0. The van der Waals surface area contributed by atoms with Crippen LogP contribution in [0.25, 0.3) is 0 Å². The van der Waals surface area contributed by atoms with Gasteiger partial charge in [0, 0.05) is 0 Å². The maximum atomic E-state index is 11.7. The zero-order chi connectivity index (χ0) is 13.8. The van der Waals surface area contributed by atoms with Crippen molar-refractivity contribution in [2.75, 3.05) is 0 Å². The molecule has 0 unspecified atom stereocenters. The first-order valence-corrected chi connectivity index (χ1v) is 6.74. The number of amides is 2. The smallest absolute Gasteiger partial charge is 0.318 e. The maximum absolute atomic E-state index is 11.7. The lowest BCUT2D eigenvalue weighted by Crippen LogP contribution is -2.56. The Bertz CT molecular complexity index is 343. The Morgan fingerprint density at radius 2 is 1.89 bits per heavy atom. The van der Waals surface area contributed by atoms with Gasteiger partial charge in [-0.15, -0.1) is 6.42 Å². The monoisotopic (exact) mass is 312 g/mol. The van der Waals surface area contributed by atoms with Gasteiger partial charge in [-0.05, 0) is 12.8 Å². The summed E-state index contributed by atoms with van der Waals surface area (Å²) in [5.74, 6) is 2.61. The average Bonchev–Trinajstić information content (AvgIpc) is 2.28. The van der Waals surface area contributed by atoms with Gasteiger partial charge in [-0.25, -0.2) is 4.79 Å². The summed E-state index contributed by atoms with van der Waals surface area (Å²) in [6, 6.07) is -0.645. The number of aliphatic hydroxyl groups excluding tert-OH is 1. The number of hydrogen-bond donors (Lipinski definition) is 3. The lowest BCUT2D eigenvalue weighted by atomic mass is 9.82. The van der Waals surface area contributed by atoms with Gasteiger partial charge in [0.25, 0.3) is 0 Å². The molecule has 0 bridgehead atoms. The van der Waals surface area contributed by atoms with Crippen LogP contribution in [0.1, 0.15) is 32.1 Å². The maximum Gasteiger partial charge on any atom is 0.318 e. The molecule has 0 saturated heterocycles. The fourth-order valence-electron chi connectivity index (χ4n) is 1.92. The van der Waals surface area contributed by atoms with Crippen LogP contribution in [0.4, 0.5) is 4.79 Å². The Morgan fingerprint density at radius 1 is 1.33 bits per heavy atom. The van der Waals surface area contributed by atoms with Crippen LogP contribution >= 0.6 is 34.8 Å². The topological polar surface area (TPSA) is 61.4 Å². The molecule has 1 aliphatic carbocycles. The first-order valence-electron chi connectivity index (χ1n) is 5.60. The van der Waals surface area contributed by atoms with E-state index in [1.807, 2.05) is 0 Å². The summed E-state index contributed by atoms with van der Waals surface area (Å²) < 4.78 is -1.98. The molecular weight excluding hydrogens is 298 g/mol. The van der Waals surface area contributed by atoms with E-state index >= 15 is 0 Å². The molecule has 4 nitrogen and oxygen atoms in total. The summed E-state index contributed by atoms with van der Waals surface area (Å²) in [4.78, 5) is 11.7. The average molecular weight is 314 g/mol. The standard InChI is InChI=1S/C11H15Cl3N2O2/c1-2-10(6-4-3-5-7-10)16-9(18)15-8(17)11(12,13)14/h1,8,17H,3-7H2,(H2,15,16,18)/t8-/m1/s1. The minimum absolute atomic E-state index is 0.645. The van der Waals surface area contributed by atoms with Crippen molar-refractivity contribution in [2.24, 2.45) is 0 Å². The van der Waals surface area contributed by atoms with E-state index in [4.69, 9.17) is 41.2 Å². The molecule has 102 valence electrons. The molecule has 2 amide bonds. The zero-order valence-corrected chi connectivity index (χ0v) is 11.9. The number of rotatable bonds is 2. The van der Waals surface area contributed by atoms with Crippen LogP contribution in [0.5, 0.6) is 0 Å². The largest absolute Gasteiger partial charge is 0.369 e. The lowest BCUT2D eigenvalue weighted by Gasteiger charge is -2.34. The molecule has 1 saturated carbocycles. The van der Waals surface area contributed by atoms with E-state index in [0.717, 1.165) is 19.3 Å². The SMILES string of the molecule is C#CC1(NC(=O)N[C@H](O)C(Cl)(Cl)Cl)CCCCC1. The second-order valence-electron chi connectivity index (χ2n) is 4.33. The van der Waals surface area contributed by atoms with Gasteiger partial charge in [-0.1, -0.05) is 60.0 Å². The molecule has 0 spiro atoms. The van der Waals surface area contributed by atoms with E-state index in [1.165, 1.54) is 0 Å². The van der Waals surface area contributed by atoms with E-state index in [1.54, 1.807) is 0 Å². The molecule has 1 fully saturated rings. The van der Waals surface area contributed by atoms with Crippen LogP contribution < -0.4 is 10.6 Å². The van der Waals surface area contributed by atoms with Crippen molar-refractivity contribution in [3.05, 3.63) is 0 Å². The third-order valence-corrected chi connectivity index (χ3v) is 3.53. The highest BCUT2D eigenvalue weighted by Crippen LogP contribution is 2.29. The molecule has 0 aromatic carbocycles. The Balaban J connectivity index is 2.56. The highest BCUT2D eigenvalue weighted by Gasteiger charge is 2.35. The number of alkyl halides is 3. The highest BCUT2D eigenvalue weighted by atomic mass is 35.6. The zero-order valence-electron chi connectivity index (χ0n) is 9.68. The fraction of sp³-hybridized carbons (Fsp3) is 0.727. The quantitative estimate of drug-likeness (QED) is 0.416. The van der Waals surface area contributed by atoms with Crippen LogP contribution in [0.2, 0.25) is 0 Å². The van der Waals surface area contributed by atoms with Crippen LogP contribution in [-0.2, 0) is 0 Å². The molecule has 7 heteroatoms. The fourth-order valence-corrected chi connectivity index (χ4v) is 2.08. The lowest BCUT2D eigenvalue weighted by molar-refractivity contribution is 0.140. The van der Waals surface area contributed by atoms with Gasteiger partial charge in [0.1, 0.15) is 5.54 Å². The molecule has 0 radical (unpaired) electrons. The first kappa shape index (κ1) is 15.7. The number of nitrogens with one attached hydrogen (secondary N) is 2. The second-order valence-corrected chi connectivity index (χ2v) is 6.70. The molecule has 0 aliphatic heterocycles. The van der Waals surface area contributed by atoms with Gasteiger partial charge >= 0.3 is 6.03 Å². The molecule has 1 rings (SSSR count). The summed E-state index contributed by atoms with van der Waals surface area (Å²) >= 11 is 16.3. The van der Waals surface area contributed by atoms with Crippen molar-refractivity contribution in [2.45, 2.75) is 47.7 Å². The summed E-state index contributed by atoms with van der Waals surface area (Å²) in [5, 5.41) is 14.2. The molecule has 3 N–H and O–H groups in total. The van der Waals surface area contributed by atoms with Crippen molar-refractivity contribution in [3.8, 4) is 12.3 Å². The summed E-state index contributed by atoms with van der Waals surface area (Å²) in [6.07, 6.45) is 8.30. The van der Waals surface area contributed by atoms with Gasteiger partial charge in [0.2, 0.25) is 3.79 Å². The number of aliphatic hydroxyl groups is 1. The summed E-state index contributed by atoms with van der Waals surface area (Å²) in [5.41, 5.74) is -0.671. The molecular formula is C11H15Cl3N2O2. The normalized spacial score (nSPS) is 20.6. The van der Waals surface area contributed by atoms with Crippen molar-refractivity contribution in [1.29, 1.82) is 0 Å². The van der Waals surface area contributed by atoms with Crippen LogP contribution in [0, 0.1) is 12.3 Å². The Hall–Kier alpha value is -0.340.